The maximum atomic E-state index is 11.7. The van der Waals surface area contributed by atoms with E-state index in [-0.39, 0.29) is 16.1 Å². The summed E-state index contributed by atoms with van der Waals surface area (Å²) in [6.07, 6.45) is 1.33. The maximum absolute atomic E-state index is 11.7. The Balaban J connectivity index is 2.66. The number of nitrogens with zero attached hydrogens (tertiary/aromatic N) is 1. The first-order chi connectivity index (χ1) is 8.61. The van der Waals surface area contributed by atoms with E-state index in [1.54, 1.807) is 18.2 Å². The van der Waals surface area contributed by atoms with Gasteiger partial charge in [0.2, 0.25) is 0 Å². The zero-order valence-electron chi connectivity index (χ0n) is 9.21. The lowest BCUT2D eigenvalue weighted by atomic mass is 10.1. The summed E-state index contributed by atoms with van der Waals surface area (Å²) in [7, 11) is 0. The summed E-state index contributed by atoms with van der Waals surface area (Å²) in [5, 5.41) is 9.61. The summed E-state index contributed by atoms with van der Waals surface area (Å²) in [6.45, 7) is 0. The van der Waals surface area contributed by atoms with E-state index in [1.165, 1.54) is 6.08 Å². The van der Waals surface area contributed by atoms with Crippen molar-refractivity contribution < 1.29 is 4.42 Å². The Bertz CT molecular complexity index is 753. The van der Waals surface area contributed by atoms with Gasteiger partial charge < -0.3 is 10.2 Å². The molecule has 2 aromatic rings. The first kappa shape index (κ1) is 12.0. The second-order valence-corrected chi connectivity index (χ2v) is 4.00. The molecule has 0 fully saturated rings. The number of hydrogen-bond acceptors (Lipinski definition) is 4. The predicted octanol–water partition coefficient (Wildman–Crippen LogP) is 1.99. The Morgan fingerprint density at radius 1 is 1.44 bits per heavy atom. The molecule has 2 N–H and O–H groups in total. The lowest BCUT2D eigenvalue weighted by molar-refractivity contribution is 0.559. The van der Waals surface area contributed by atoms with Crippen molar-refractivity contribution in [1.29, 1.82) is 5.26 Å². The average Bonchev–Trinajstić information content (AvgIpc) is 2.35. The zero-order chi connectivity index (χ0) is 13.1. The molecule has 1 aromatic heterocycles. The van der Waals surface area contributed by atoms with Crippen LogP contribution in [-0.4, -0.2) is 4.99 Å². The van der Waals surface area contributed by atoms with Crippen LogP contribution in [0.2, 0.25) is 0 Å². The van der Waals surface area contributed by atoms with Crippen LogP contribution >= 0.6 is 12.2 Å². The van der Waals surface area contributed by atoms with Crippen molar-refractivity contribution in [2.75, 3.05) is 0 Å². The third-order valence-electron chi connectivity index (χ3n) is 2.35. The summed E-state index contributed by atoms with van der Waals surface area (Å²) >= 11 is 4.71. The molecular weight excluding hydrogens is 248 g/mol. The number of benzene rings is 1. The molecule has 0 aliphatic carbocycles. The molecule has 2 rings (SSSR count). The quantitative estimate of drug-likeness (QED) is 0.384. The van der Waals surface area contributed by atoms with Gasteiger partial charge in [0, 0.05) is 5.39 Å². The average molecular weight is 256 g/mol. The molecule has 0 unspecified atom stereocenters. The molecule has 0 bridgehead atoms. The summed E-state index contributed by atoms with van der Waals surface area (Å²) in [5.74, 6) is 0. The van der Waals surface area contributed by atoms with Crippen LogP contribution in [0.15, 0.2) is 45.1 Å². The van der Waals surface area contributed by atoms with Gasteiger partial charge in [0.25, 0.3) is 0 Å². The third kappa shape index (κ3) is 2.29. The van der Waals surface area contributed by atoms with E-state index in [1.807, 2.05) is 18.2 Å². The van der Waals surface area contributed by atoms with Crippen LogP contribution < -0.4 is 11.4 Å². The molecule has 0 saturated heterocycles. The number of fused-ring (bicyclic) bond motifs is 1. The highest BCUT2D eigenvalue weighted by Crippen LogP contribution is 2.14. The van der Waals surface area contributed by atoms with Crippen LogP contribution in [0.25, 0.3) is 17.0 Å². The van der Waals surface area contributed by atoms with Gasteiger partial charge in [-0.1, -0.05) is 30.4 Å². The Morgan fingerprint density at radius 3 is 2.83 bits per heavy atom. The fourth-order valence-electron chi connectivity index (χ4n) is 1.49. The van der Waals surface area contributed by atoms with Gasteiger partial charge in [-0.25, -0.2) is 4.79 Å². The van der Waals surface area contributed by atoms with Gasteiger partial charge in [0.1, 0.15) is 16.6 Å². The minimum Gasteiger partial charge on any atom is -0.422 e. The summed E-state index contributed by atoms with van der Waals surface area (Å²) in [6, 6.07) is 10.6. The third-order valence-corrected chi connectivity index (χ3v) is 2.57. The smallest absolute Gasteiger partial charge is 0.343 e. The van der Waals surface area contributed by atoms with Gasteiger partial charge in [0.05, 0.1) is 11.1 Å². The van der Waals surface area contributed by atoms with Gasteiger partial charge in [-0.3, -0.25) is 0 Å². The molecule has 1 aromatic carbocycles. The Kier molecular flexibility index (Phi) is 3.22. The van der Waals surface area contributed by atoms with Crippen LogP contribution in [0, 0.1) is 11.3 Å². The molecule has 4 nitrogen and oxygen atoms in total. The molecular formula is C13H8N2O2S. The Hall–Kier alpha value is -2.45. The van der Waals surface area contributed by atoms with Gasteiger partial charge in [-0.15, -0.1) is 0 Å². The predicted molar refractivity (Wildman–Crippen MR) is 72.9 cm³/mol. The zero-order valence-corrected chi connectivity index (χ0v) is 10.0. The molecule has 0 saturated carbocycles. The van der Waals surface area contributed by atoms with Crippen LogP contribution in [0.5, 0.6) is 0 Å². The van der Waals surface area contributed by atoms with E-state index in [0.29, 0.717) is 5.58 Å². The fraction of sp³-hybridized carbons (Fsp3) is 0. The SMILES string of the molecule is N#CC(=Cc1cc2ccccc2oc1=O)C(N)=S. The number of hydrogen-bond donors (Lipinski definition) is 1. The monoisotopic (exact) mass is 256 g/mol. The summed E-state index contributed by atoms with van der Waals surface area (Å²) < 4.78 is 5.12. The highest BCUT2D eigenvalue weighted by Gasteiger charge is 2.05. The fourth-order valence-corrected chi connectivity index (χ4v) is 1.60. The van der Waals surface area contributed by atoms with Crippen molar-refractivity contribution in [2.24, 2.45) is 5.73 Å². The van der Waals surface area contributed by atoms with Crippen molar-refractivity contribution in [3.05, 3.63) is 51.9 Å². The molecule has 88 valence electrons. The molecule has 0 atom stereocenters. The summed E-state index contributed by atoms with van der Waals surface area (Å²) in [4.78, 5) is 11.7. The summed E-state index contributed by atoms with van der Waals surface area (Å²) in [5.41, 5.74) is 5.65. The van der Waals surface area contributed by atoms with Gasteiger partial charge in [-0.05, 0) is 18.2 Å². The number of nitrogens with two attached hydrogens (primary N) is 1. The van der Waals surface area contributed by atoms with Crippen molar-refractivity contribution in [3.63, 3.8) is 0 Å². The lowest BCUT2D eigenvalue weighted by Crippen LogP contribution is -2.11. The molecule has 0 radical (unpaired) electrons. The first-order valence-corrected chi connectivity index (χ1v) is 5.47. The van der Waals surface area contributed by atoms with E-state index in [0.717, 1.165) is 5.39 Å². The van der Waals surface area contributed by atoms with E-state index in [9.17, 15) is 4.79 Å². The maximum Gasteiger partial charge on any atom is 0.343 e. The number of rotatable bonds is 2. The number of nitriles is 1. The van der Waals surface area contributed by atoms with Crippen LogP contribution in [0.1, 0.15) is 5.56 Å². The first-order valence-electron chi connectivity index (χ1n) is 5.06. The lowest BCUT2D eigenvalue weighted by Gasteiger charge is -1.98. The van der Waals surface area contributed by atoms with Crippen LogP contribution in [0.3, 0.4) is 0 Å². The molecule has 0 spiro atoms. The number of para-hydroxylation sites is 1. The minimum absolute atomic E-state index is 0.0509. The normalized spacial score (nSPS) is 11.2. The van der Waals surface area contributed by atoms with E-state index in [4.69, 9.17) is 27.6 Å². The van der Waals surface area contributed by atoms with Crippen LogP contribution in [-0.2, 0) is 0 Å². The molecule has 5 heteroatoms. The van der Waals surface area contributed by atoms with E-state index in [2.05, 4.69) is 0 Å². The van der Waals surface area contributed by atoms with E-state index < -0.39 is 5.63 Å². The van der Waals surface area contributed by atoms with Gasteiger partial charge in [-0.2, -0.15) is 5.26 Å². The van der Waals surface area contributed by atoms with Gasteiger partial charge >= 0.3 is 5.63 Å². The topological polar surface area (TPSA) is 80.0 Å². The second-order valence-electron chi connectivity index (χ2n) is 3.56. The molecule has 0 aliphatic heterocycles. The van der Waals surface area contributed by atoms with Crippen molar-refractivity contribution in [3.8, 4) is 6.07 Å². The van der Waals surface area contributed by atoms with E-state index >= 15 is 0 Å². The Labute approximate surface area is 108 Å². The second kappa shape index (κ2) is 4.82. The highest BCUT2D eigenvalue weighted by atomic mass is 32.1. The minimum atomic E-state index is -0.530. The molecule has 0 aliphatic rings. The van der Waals surface area contributed by atoms with Gasteiger partial charge in [0.15, 0.2) is 0 Å². The van der Waals surface area contributed by atoms with Crippen molar-refractivity contribution in [1.82, 2.24) is 0 Å². The van der Waals surface area contributed by atoms with Crippen molar-refractivity contribution in [2.45, 2.75) is 0 Å². The standard InChI is InChI=1S/C13H8N2O2S/c14-7-10(12(15)18)6-9-5-8-3-1-2-4-11(8)17-13(9)16/h1-6H,(H2,15,18). The molecule has 1 heterocycles. The highest BCUT2D eigenvalue weighted by molar-refractivity contribution is 7.80. The number of thiocarbonyl (C=S) groups is 1. The Morgan fingerprint density at radius 2 is 2.17 bits per heavy atom. The largest absolute Gasteiger partial charge is 0.422 e. The van der Waals surface area contributed by atoms with Crippen molar-refractivity contribution >= 4 is 34.3 Å². The van der Waals surface area contributed by atoms with Crippen LogP contribution in [0.4, 0.5) is 0 Å². The molecule has 0 amide bonds. The molecule has 18 heavy (non-hydrogen) atoms.